The second-order valence-electron chi connectivity index (χ2n) is 3.96. The number of rotatable bonds is 5. The van der Waals surface area contributed by atoms with Crippen LogP contribution in [-0.4, -0.2) is 13.3 Å². The van der Waals surface area contributed by atoms with Crippen LogP contribution >= 0.6 is 0 Å². The van der Waals surface area contributed by atoms with Crippen molar-refractivity contribution in [1.29, 1.82) is 0 Å². The highest BCUT2D eigenvalue weighted by molar-refractivity contribution is 5.80. The molecule has 0 spiro atoms. The summed E-state index contributed by atoms with van der Waals surface area (Å²) < 4.78 is 11.0. The number of methoxy groups -OCH3 is 1. The highest BCUT2D eigenvalue weighted by atomic mass is 16.5. The normalized spacial score (nSPS) is 10.6. The molecule has 2 aromatic rings. The van der Waals surface area contributed by atoms with Crippen molar-refractivity contribution >= 4 is 6.21 Å². The van der Waals surface area contributed by atoms with E-state index in [1.807, 2.05) is 48.5 Å². The van der Waals surface area contributed by atoms with Crippen molar-refractivity contribution in [3.8, 4) is 11.5 Å². The van der Waals surface area contributed by atoms with E-state index in [4.69, 9.17) is 15.3 Å². The number of nitrogens with zero attached hydrogens (tertiary/aromatic N) is 1. The van der Waals surface area contributed by atoms with E-state index < -0.39 is 0 Å². The Balaban J connectivity index is 2.15. The Labute approximate surface area is 112 Å². The van der Waals surface area contributed by atoms with E-state index >= 15 is 0 Å². The molecule has 0 fully saturated rings. The van der Waals surface area contributed by atoms with Gasteiger partial charge in [-0.25, -0.2) is 0 Å². The Hall–Kier alpha value is -2.49. The maximum atomic E-state index is 5.77. The topological polar surface area (TPSA) is 56.8 Å². The van der Waals surface area contributed by atoms with Gasteiger partial charge in [-0.05, 0) is 29.3 Å². The molecule has 0 saturated heterocycles. The molecule has 4 heteroatoms. The van der Waals surface area contributed by atoms with Gasteiger partial charge >= 0.3 is 0 Å². The maximum absolute atomic E-state index is 5.77. The molecule has 98 valence electrons. The zero-order valence-corrected chi connectivity index (χ0v) is 10.7. The van der Waals surface area contributed by atoms with Gasteiger partial charge in [0.1, 0.15) is 6.61 Å². The van der Waals surface area contributed by atoms with E-state index in [0.717, 1.165) is 11.1 Å². The first-order valence-corrected chi connectivity index (χ1v) is 5.91. The highest BCUT2D eigenvalue weighted by Crippen LogP contribution is 2.28. The van der Waals surface area contributed by atoms with Gasteiger partial charge in [-0.2, -0.15) is 5.10 Å². The lowest BCUT2D eigenvalue weighted by Gasteiger charge is -2.11. The lowest BCUT2D eigenvalue weighted by molar-refractivity contribution is 0.284. The minimum atomic E-state index is 0.487. The average molecular weight is 256 g/mol. The van der Waals surface area contributed by atoms with Crippen LogP contribution in [0.25, 0.3) is 0 Å². The van der Waals surface area contributed by atoms with Gasteiger partial charge in [-0.15, -0.1) is 0 Å². The van der Waals surface area contributed by atoms with Crippen molar-refractivity contribution in [3.05, 3.63) is 59.7 Å². The molecule has 0 saturated carbocycles. The molecule has 2 aromatic carbocycles. The lowest BCUT2D eigenvalue weighted by Crippen LogP contribution is -1.98. The van der Waals surface area contributed by atoms with Crippen LogP contribution in [-0.2, 0) is 6.61 Å². The summed E-state index contributed by atoms with van der Waals surface area (Å²) in [5, 5.41) is 3.50. The van der Waals surface area contributed by atoms with Crippen molar-refractivity contribution in [2.45, 2.75) is 6.61 Å². The summed E-state index contributed by atoms with van der Waals surface area (Å²) in [4.78, 5) is 0. The standard InChI is InChI=1S/C15H16N2O2/c1-18-14-8-7-13(10-17-16)9-15(14)19-11-12-5-3-2-4-6-12/h2-10H,11,16H2,1H3/b17-10-. The summed E-state index contributed by atoms with van der Waals surface area (Å²) >= 11 is 0. The Morgan fingerprint density at radius 3 is 2.58 bits per heavy atom. The van der Waals surface area contributed by atoms with E-state index in [0.29, 0.717) is 18.1 Å². The molecule has 2 rings (SSSR count). The summed E-state index contributed by atoms with van der Waals surface area (Å²) in [7, 11) is 1.61. The van der Waals surface area contributed by atoms with Gasteiger partial charge in [-0.3, -0.25) is 0 Å². The number of benzene rings is 2. The first kappa shape index (κ1) is 13.0. The second kappa shape index (κ2) is 6.44. The molecule has 0 aliphatic carbocycles. The number of hydrogen-bond donors (Lipinski definition) is 1. The molecule has 0 amide bonds. The zero-order chi connectivity index (χ0) is 13.5. The lowest BCUT2D eigenvalue weighted by atomic mass is 10.2. The van der Waals surface area contributed by atoms with Crippen LogP contribution in [0.3, 0.4) is 0 Å². The Morgan fingerprint density at radius 1 is 1.11 bits per heavy atom. The van der Waals surface area contributed by atoms with Crippen LogP contribution in [0.1, 0.15) is 11.1 Å². The van der Waals surface area contributed by atoms with Crippen LogP contribution < -0.4 is 15.3 Å². The summed E-state index contributed by atoms with van der Waals surface area (Å²) in [5.41, 5.74) is 1.97. The van der Waals surface area contributed by atoms with Gasteiger partial charge in [-0.1, -0.05) is 30.3 Å². The fourth-order valence-electron chi connectivity index (χ4n) is 1.71. The van der Waals surface area contributed by atoms with E-state index in [2.05, 4.69) is 5.10 Å². The molecule has 2 N–H and O–H groups in total. The molecule has 0 radical (unpaired) electrons. The van der Waals surface area contributed by atoms with E-state index in [9.17, 15) is 0 Å². The first-order valence-electron chi connectivity index (χ1n) is 5.91. The summed E-state index contributed by atoms with van der Waals surface area (Å²) in [6.07, 6.45) is 1.56. The quantitative estimate of drug-likeness (QED) is 0.508. The molecule has 0 bridgehead atoms. The van der Waals surface area contributed by atoms with Gasteiger partial charge < -0.3 is 15.3 Å². The molecule has 0 heterocycles. The van der Waals surface area contributed by atoms with Gasteiger partial charge in [0, 0.05) is 0 Å². The molecular formula is C15H16N2O2. The van der Waals surface area contributed by atoms with Crippen molar-refractivity contribution in [2.75, 3.05) is 7.11 Å². The van der Waals surface area contributed by atoms with Crippen LogP contribution in [0, 0.1) is 0 Å². The highest BCUT2D eigenvalue weighted by Gasteiger charge is 2.05. The van der Waals surface area contributed by atoms with E-state index in [1.165, 1.54) is 0 Å². The Kier molecular flexibility index (Phi) is 4.39. The van der Waals surface area contributed by atoms with Crippen LogP contribution in [0.2, 0.25) is 0 Å². The average Bonchev–Trinajstić information content (AvgIpc) is 2.47. The van der Waals surface area contributed by atoms with Crippen LogP contribution in [0.15, 0.2) is 53.6 Å². The van der Waals surface area contributed by atoms with E-state index in [1.54, 1.807) is 13.3 Å². The number of hydrogen-bond acceptors (Lipinski definition) is 4. The largest absolute Gasteiger partial charge is 0.493 e. The predicted octanol–water partition coefficient (Wildman–Crippen LogP) is 2.57. The Morgan fingerprint density at radius 2 is 1.89 bits per heavy atom. The molecule has 0 unspecified atom stereocenters. The van der Waals surface area contributed by atoms with Crippen molar-refractivity contribution in [3.63, 3.8) is 0 Å². The molecule has 0 atom stereocenters. The molecule has 19 heavy (non-hydrogen) atoms. The number of ether oxygens (including phenoxy) is 2. The molecular weight excluding hydrogens is 240 g/mol. The summed E-state index contributed by atoms with van der Waals surface area (Å²) in [6, 6.07) is 15.5. The van der Waals surface area contributed by atoms with Gasteiger partial charge in [0.05, 0.1) is 13.3 Å². The fourth-order valence-corrected chi connectivity index (χ4v) is 1.71. The molecule has 0 aromatic heterocycles. The maximum Gasteiger partial charge on any atom is 0.162 e. The summed E-state index contributed by atoms with van der Waals surface area (Å²) in [5.74, 6) is 6.50. The zero-order valence-electron chi connectivity index (χ0n) is 10.7. The molecule has 0 aliphatic rings. The van der Waals surface area contributed by atoms with Crippen molar-refractivity contribution < 1.29 is 9.47 Å². The SMILES string of the molecule is COc1ccc(/C=N\N)cc1OCc1ccccc1. The number of hydrazone groups is 1. The van der Waals surface area contributed by atoms with Gasteiger partial charge in [0.25, 0.3) is 0 Å². The third-order valence-electron chi connectivity index (χ3n) is 2.65. The Bertz CT molecular complexity index is 553. The predicted molar refractivity (Wildman–Crippen MR) is 75.5 cm³/mol. The minimum absolute atomic E-state index is 0.487. The van der Waals surface area contributed by atoms with Gasteiger partial charge in [0.2, 0.25) is 0 Å². The summed E-state index contributed by atoms with van der Waals surface area (Å²) in [6.45, 7) is 0.487. The monoisotopic (exact) mass is 256 g/mol. The molecule has 4 nitrogen and oxygen atoms in total. The number of nitrogens with two attached hydrogens (primary N) is 1. The fraction of sp³-hybridized carbons (Fsp3) is 0.133. The van der Waals surface area contributed by atoms with Crippen molar-refractivity contribution in [1.82, 2.24) is 0 Å². The van der Waals surface area contributed by atoms with Crippen LogP contribution in [0.4, 0.5) is 0 Å². The third kappa shape index (κ3) is 3.48. The van der Waals surface area contributed by atoms with E-state index in [-0.39, 0.29) is 0 Å². The van der Waals surface area contributed by atoms with Crippen LogP contribution in [0.5, 0.6) is 11.5 Å². The molecule has 0 aliphatic heterocycles. The van der Waals surface area contributed by atoms with Crippen molar-refractivity contribution in [2.24, 2.45) is 10.9 Å². The third-order valence-corrected chi connectivity index (χ3v) is 2.65. The second-order valence-corrected chi connectivity index (χ2v) is 3.96. The smallest absolute Gasteiger partial charge is 0.162 e. The van der Waals surface area contributed by atoms with Gasteiger partial charge in [0.15, 0.2) is 11.5 Å². The first-order chi connectivity index (χ1) is 9.33. The minimum Gasteiger partial charge on any atom is -0.493 e.